The van der Waals surface area contributed by atoms with Gasteiger partial charge in [-0.15, -0.1) is 0 Å². The lowest BCUT2D eigenvalue weighted by molar-refractivity contribution is 0.179. The van der Waals surface area contributed by atoms with Crippen LogP contribution in [0.5, 0.6) is 0 Å². The van der Waals surface area contributed by atoms with Crippen LogP contribution in [-0.2, 0) is 0 Å². The fourth-order valence-corrected chi connectivity index (χ4v) is 2.61. The van der Waals surface area contributed by atoms with E-state index in [4.69, 9.17) is 5.26 Å². The molecule has 1 aliphatic heterocycles. The summed E-state index contributed by atoms with van der Waals surface area (Å²) in [6.07, 6.45) is 4.83. The number of anilines is 1. The van der Waals surface area contributed by atoms with Gasteiger partial charge in [-0.05, 0) is 51.1 Å². The van der Waals surface area contributed by atoms with Gasteiger partial charge in [-0.1, -0.05) is 6.42 Å². The van der Waals surface area contributed by atoms with Crippen molar-refractivity contribution in [3.05, 3.63) is 29.6 Å². The van der Waals surface area contributed by atoms with Gasteiger partial charge >= 0.3 is 0 Å². The highest BCUT2D eigenvalue weighted by Gasteiger charge is 2.18. The highest BCUT2D eigenvalue weighted by atomic mass is 19.1. The first-order valence-electron chi connectivity index (χ1n) is 6.84. The summed E-state index contributed by atoms with van der Waals surface area (Å²) >= 11 is 0. The molecule has 19 heavy (non-hydrogen) atoms. The normalized spacial score (nSPS) is 19.9. The van der Waals surface area contributed by atoms with E-state index in [0.29, 0.717) is 17.3 Å². The smallest absolute Gasteiger partial charge is 0.147 e. The number of benzene rings is 1. The van der Waals surface area contributed by atoms with Crippen molar-refractivity contribution in [3.63, 3.8) is 0 Å². The van der Waals surface area contributed by atoms with Gasteiger partial charge in [-0.2, -0.15) is 5.26 Å². The van der Waals surface area contributed by atoms with E-state index in [1.54, 1.807) is 12.1 Å². The average Bonchev–Trinajstić information content (AvgIpc) is 2.42. The van der Waals surface area contributed by atoms with E-state index in [0.717, 1.165) is 19.5 Å². The maximum absolute atomic E-state index is 13.7. The molecule has 2 rings (SSSR count). The Morgan fingerprint density at radius 2 is 2.32 bits per heavy atom. The fourth-order valence-electron chi connectivity index (χ4n) is 2.61. The molecule has 0 radical (unpaired) electrons. The number of likely N-dealkylation sites (tertiary alicyclic amines) is 1. The van der Waals surface area contributed by atoms with Crippen LogP contribution in [0, 0.1) is 17.1 Å². The van der Waals surface area contributed by atoms with Crippen LogP contribution in [0.4, 0.5) is 10.1 Å². The van der Waals surface area contributed by atoms with Gasteiger partial charge in [-0.3, -0.25) is 0 Å². The lowest BCUT2D eigenvalue weighted by Gasteiger charge is -2.32. The van der Waals surface area contributed by atoms with Crippen LogP contribution in [0.2, 0.25) is 0 Å². The summed E-state index contributed by atoms with van der Waals surface area (Å²) in [5, 5.41) is 11.8. The zero-order valence-corrected chi connectivity index (χ0v) is 11.3. The maximum atomic E-state index is 13.7. The third kappa shape index (κ3) is 3.68. The first kappa shape index (κ1) is 13.8. The van der Waals surface area contributed by atoms with Crippen molar-refractivity contribution in [3.8, 4) is 6.07 Å². The van der Waals surface area contributed by atoms with Gasteiger partial charge in [0.1, 0.15) is 5.82 Å². The molecule has 1 N–H and O–H groups in total. The summed E-state index contributed by atoms with van der Waals surface area (Å²) in [5.74, 6) is -0.351. The van der Waals surface area contributed by atoms with Gasteiger partial charge < -0.3 is 10.2 Å². The van der Waals surface area contributed by atoms with E-state index < -0.39 is 0 Å². The number of hydrogen-bond donors (Lipinski definition) is 1. The van der Waals surface area contributed by atoms with Crippen LogP contribution in [0.25, 0.3) is 0 Å². The Balaban J connectivity index is 1.84. The quantitative estimate of drug-likeness (QED) is 0.905. The molecule has 102 valence electrons. The molecule has 0 amide bonds. The third-order valence-corrected chi connectivity index (χ3v) is 3.81. The predicted octanol–water partition coefficient (Wildman–Crippen LogP) is 2.98. The zero-order chi connectivity index (χ0) is 13.7. The number of rotatable bonds is 4. The van der Waals surface area contributed by atoms with Crippen LogP contribution in [0.15, 0.2) is 18.2 Å². The van der Waals surface area contributed by atoms with E-state index in [2.05, 4.69) is 17.3 Å². The first-order valence-corrected chi connectivity index (χ1v) is 6.84. The van der Waals surface area contributed by atoms with Crippen molar-refractivity contribution in [1.29, 1.82) is 5.26 Å². The third-order valence-electron chi connectivity index (χ3n) is 3.81. The molecule has 1 heterocycles. The molecule has 3 nitrogen and oxygen atoms in total. The standard InChI is InChI=1S/C15H20FN3/c1-19-9-3-2-4-13(19)7-8-18-15-6-5-12(11-17)10-14(15)16/h5-6,10,13,18H,2-4,7-9H2,1H3. The van der Waals surface area contributed by atoms with Gasteiger partial charge in [0.15, 0.2) is 0 Å². The second-order valence-electron chi connectivity index (χ2n) is 5.15. The van der Waals surface area contributed by atoms with Crippen LogP contribution in [0.3, 0.4) is 0 Å². The lowest BCUT2D eigenvalue weighted by atomic mass is 10.0. The fraction of sp³-hybridized carbons (Fsp3) is 0.533. The van der Waals surface area contributed by atoms with Crippen molar-refractivity contribution in [2.75, 3.05) is 25.5 Å². The number of nitriles is 1. The molecular formula is C15H20FN3. The molecular weight excluding hydrogens is 241 g/mol. The van der Waals surface area contributed by atoms with E-state index in [1.807, 2.05) is 6.07 Å². The van der Waals surface area contributed by atoms with Crippen LogP contribution >= 0.6 is 0 Å². The number of nitrogens with one attached hydrogen (secondary N) is 1. The Morgan fingerprint density at radius 3 is 3.00 bits per heavy atom. The van der Waals surface area contributed by atoms with Crippen LogP contribution < -0.4 is 5.32 Å². The SMILES string of the molecule is CN1CCCCC1CCNc1ccc(C#N)cc1F. The van der Waals surface area contributed by atoms with Crippen molar-refractivity contribution in [2.45, 2.75) is 31.7 Å². The second kappa shape index (κ2) is 6.53. The summed E-state index contributed by atoms with van der Waals surface area (Å²) in [6, 6.07) is 7.08. The maximum Gasteiger partial charge on any atom is 0.147 e. The molecule has 1 fully saturated rings. The molecule has 1 saturated heterocycles. The molecule has 0 spiro atoms. The lowest BCUT2D eigenvalue weighted by Crippen LogP contribution is -2.37. The zero-order valence-electron chi connectivity index (χ0n) is 11.3. The van der Waals surface area contributed by atoms with Crippen LogP contribution in [0.1, 0.15) is 31.2 Å². The van der Waals surface area contributed by atoms with Gasteiger partial charge in [0, 0.05) is 12.6 Å². The van der Waals surface area contributed by atoms with Crippen molar-refractivity contribution in [1.82, 2.24) is 4.90 Å². The van der Waals surface area contributed by atoms with Gasteiger partial charge in [0.25, 0.3) is 0 Å². The minimum absolute atomic E-state index is 0.351. The minimum atomic E-state index is -0.351. The van der Waals surface area contributed by atoms with Crippen molar-refractivity contribution < 1.29 is 4.39 Å². The monoisotopic (exact) mass is 261 g/mol. The molecule has 1 aromatic carbocycles. The molecule has 0 saturated carbocycles. The van der Waals surface area contributed by atoms with Crippen molar-refractivity contribution >= 4 is 5.69 Å². The molecule has 1 aromatic rings. The molecule has 0 aromatic heterocycles. The molecule has 4 heteroatoms. The van der Waals surface area contributed by atoms with Crippen molar-refractivity contribution in [2.24, 2.45) is 0 Å². The Labute approximate surface area is 114 Å². The highest BCUT2D eigenvalue weighted by Crippen LogP contribution is 2.19. The van der Waals surface area contributed by atoms with Gasteiger partial charge in [0.2, 0.25) is 0 Å². The average molecular weight is 261 g/mol. The molecule has 1 atom stereocenters. The Kier molecular flexibility index (Phi) is 4.75. The predicted molar refractivity (Wildman–Crippen MR) is 74.5 cm³/mol. The van der Waals surface area contributed by atoms with Gasteiger partial charge in [0.05, 0.1) is 17.3 Å². The van der Waals surface area contributed by atoms with E-state index >= 15 is 0 Å². The van der Waals surface area contributed by atoms with Crippen LogP contribution in [-0.4, -0.2) is 31.1 Å². The summed E-state index contributed by atoms with van der Waals surface area (Å²) in [6.45, 7) is 1.92. The Morgan fingerprint density at radius 1 is 1.47 bits per heavy atom. The topological polar surface area (TPSA) is 39.1 Å². The van der Waals surface area contributed by atoms with E-state index in [9.17, 15) is 4.39 Å². The van der Waals surface area contributed by atoms with E-state index in [1.165, 1.54) is 25.3 Å². The summed E-state index contributed by atoms with van der Waals surface area (Å²) in [4.78, 5) is 2.39. The number of piperidine rings is 1. The molecule has 0 bridgehead atoms. The summed E-state index contributed by atoms with van der Waals surface area (Å²) in [7, 11) is 2.16. The number of nitrogens with zero attached hydrogens (tertiary/aromatic N) is 2. The van der Waals surface area contributed by atoms with E-state index in [-0.39, 0.29) is 5.82 Å². The molecule has 1 aliphatic rings. The molecule has 1 unspecified atom stereocenters. The Hall–Kier alpha value is -1.60. The largest absolute Gasteiger partial charge is 0.383 e. The summed E-state index contributed by atoms with van der Waals surface area (Å²) in [5.41, 5.74) is 0.840. The second-order valence-corrected chi connectivity index (χ2v) is 5.15. The number of halogens is 1. The Bertz CT molecular complexity index is 467. The highest BCUT2D eigenvalue weighted by molar-refractivity contribution is 5.48. The van der Waals surface area contributed by atoms with Gasteiger partial charge in [-0.25, -0.2) is 4.39 Å². The minimum Gasteiger partial charge on any atom is -0.383 e. The summed E-state index contributed by atoms with van der Waals surface area (Å²) < 4.78 is 13.7. The first-order chi connectivity index (χ1) is 9.20. The molecule has 0 aliphatic carbocycles. The number of hydrogen-bond acceptors (Lipinski definition) is 3.